The van der Waals surface area contributed by atoms with E-state index in [-0.39, 0.29) is 0 Å². The normalized spacial score (nSPS) is 12.0. The Bertz CT molecular complexity index is 552. The molecule has 3 nitrogen and oxygen atoms in total. The zero-order valence-corrected chi connectivity index (χ0v) is 11.5. The first-order valence-electron chi connectivity index (χ1n) is 5.81. The second-order valence-corrected chi connectivity index (χ2v) is 4.50. The molecule has 0 saturated heterocycles. The average Bonchev–Trinajstić information content (AvgIpc) is 2.46. The molecule has 0 bridgehead atoms. The minimum Gasteiger partial charge on any atom is -0.493 e. The van der Waals surface area contributed by atoms with E-state index in [0.717, 1.165) is 11.1 Å². The Morgan fingerprint density at radius 1 is 0.895 bits per heavy atom. The molecule has 0 aromatic heterocycles. The van der Waals surface area contributed by atoms with Crippen molar-refractivity contribution in [2.75, 3.05) is 14.2 Å². The van der Waals surface area contributed by atoms with Gasteiger partial charge < -0.3 is 14.6 Å². The van der Waals surface area contributed by atoms with Gasteiger partial charge in [-0.15, -0.1) is 0 Å². The Labute approximate surface area is 117 Å². The molecule has 0 aliphatic heterocycles. The van der Waals surface area contributed by atoms with Crippen molar-refractivity contribution in [2.45, 2.75) is 6.10 Å². The minimum absolute atomic E-state index is 0.591. The van der Waals surface area contributed by atoms with Crippen LogP contribution in [0.5, 0.6) is 11.5 Å². The number of hydrogen-bond acceptors (Lipinski definition) is 3. The lowest BCUT2D eigenvalue weighted by molar-refractivity contribution is 0.219. The maximum atomic E-state index is 10.3. The number of halogens is 1. The molecule has 0 fully saturated rings. The highest BCUT2D eigenvalue weighted by Crippen LogP contribution is 2.32. The van der Waals surface area contributed by atoms with E-state index in [1.54, 1.807) is 56.7 Å². The summed E-state index contributed by atoms with van der Waals surface area (Å²) in [4.78, 5) is 0. The highest BCUT2D eigenvalue weighted by Gasteiger charge is 2.13. The van der Waals surface area contributed by atoms with Crippen LogP contribution in [0, 0.1) is 0 Å². The molecule has 4 heteroatoms. The summed E-state index contributed by atoms with van der Waals surface area (Å²) in [5.74, 6) is 1.22. The van der Waals surface area contributed by atoms with Crippen molar-refractivity contribution >= 4 is 11.6 Å². The van der Waals surface area contributed by atoms with Crippen LogP contribution in [0.15, 0.2) is 42.5 Å². The fourth-order valence-corrected chi connectivity index (χ4v) is 1.99. The first-order chi connectivity index (χ1) is 9.15. The van der Waals surface area contributed by atoms with Crippen LogP contribution < -0.4 is 9.47 Å². The standard InChI is InChI=1S/C15H15ClO3/c1-18-13-8-5-11(9-14(13)19-2)15(17)10-3-6-12(16)7-4-10/h3-9,15,17H,1-2H3/t15-/m0/s1. The summed E-state index contributed by atoms with van der Waals surface area (Å²) in [5.41, 5.74) is 1.51. The fourth-order valence-electron chi connectivity index (χ4n) is 1.86. The predicted molar refractivity (Wildman–Crippen MR) is 75.1 cm³/mol. The van der Waals surface area contributed by atoms with E-state index in [1.165, 1.54) is 0 Å². The second kappa shape index (κ2) is 5.95. The van der Waals surface area contributed by atoms with Crippen LogP contribution in [0.2, 0.25) is 5.02 Å². The zero-order chi connectivity index (χ0) is 13.8. The van der Waals surface area contributed by atoms with Gasteiger partial charge >= 0.3 is 0 Å². The minimum atomic E-state index is -0.725. The van der Waals surface area contributed by atoms with Gasteiger partial charge in [-0.25, -0.2) is 0 Å². The third-order valence-corrected chi connectivity index (χ3v) is 3.16. The monoisotopic (exact) mass is 278 g/mol. The summed E-state index contributed by atoms with van der Waals surface area (Å²) in [6, 6.07) is 12.4. The van der Waals surface area contributed by atoms with Gasteiger partial charge in [0.15, 0.2) is 11.5 Å². The molecule has 1 N–H and O–H groups in total. The van der Waals surface area contributed by atoms with E-state index in [2.05, 4.69) is 0 Å². The van der Waals surface area contributed by atoms with Gasteiger partial charge in [-0.2, -0.15) is 0 Å². The highest BCUT2D eigenvalue weighted by molar-refractivity contribution is 6.30. The second-order valence-electron chi connectivity index (χ2n) is 4.07. The molecule has 100 valence electrons. The molecule has 0 radical (unpaired) electrons. The molecule has 0 heterocycles. The summed E-state index contributed by atoms with van der Waals surface area (Å²) in [5, 5.41) is 11.0. The van der Waals surface area contributed by atoms with Gasteiger partial charge in [-0.3, -0.25) is 0 Å². The molecular weight excluding hydrogens is 264 g/mol. The van der Waals surface area contributed by atoms with Crippen molar-refractivity contribution in [1.82, 2.24) is 0 Å². The highest BCUT2D eigenvalue weighted by atomic mass is 35.5. The molecule has 0 unspecified atom stereocenters. The maximum absolute atomic E-state index is 10.3. The van der Waals surface area contributed by atoms with Crippen molar-refractivity contribution in [3.8, 4) is 11.5 Å². The maximum Gasteiger partial charge on any atom is 0.161 e. The lowest BCUT2D eigenvalue weighted by atomic mass is 10.0. The molecule has 0 saturated carbocycles. The fraction of sp³-hybridized carbons (Fsp3) is 0.200. The zero-order valence-electron chi connectivity index (χ0n) is 10.8. The molecular formula is C15H15ClO3. The van der Waals surface area contributed by atoms with E-state index in [4.69, 9.17) is 21.1 Å². The molecule has 2 aromatic rings. The number of hydrogen-bond donors (Lipinski definition) is 1. The molecule has 2 rings (SSSR count). The number of rotatable bonds is 4. The van der Waals surface area contributed by atoms with Crippen LogP contribution in [0.3, 0.4) is 0 Å². The largest absolute Gasteiger partial charge is 0.493 e. The van der Waals surface area contributed by atoms with Crippen LogP contribution in [-0.2, 0) is 0 Å². The predicted octanol–water partition coefficient (Wildman–Crippen LogP) is 3.44. The van der Waals surface area contributed by atoms with E-state index in [9.17, 15) is 5.11 Å². The summed E-state index contributed by atoms with van der Waals surface area (Å²) < 4.78 is 10.4. The van der Waals surface area contributed by atoms with Crippen LogP contribution in [0.4, 0.5) is 0 Å². The van der Waals surface area contributed by atoms with Gasteiger partial charge in [-0.1, -0.05) is 29.8 Å². The molecule has 2 aromatic carbocycles. The topological polar surface area (TPSA) is 38.7 Å². The Balaban J connectivity index is 2.33. The summed E-state index contributed by atoms with van der Waals surface area (Å²) in [7, 11) is 3.14. The van der Waals surface area contributed by atoms with Gasteiger partial charge in [-0.05, 0) is 35.4 Å². The van der Waals surface area contributed by atoms with E-state index in [0.29, 0.717) is 16.5 Å². The van der Waals surface area contributed by atoms with E-state index >= 15 is 0 Å². The number of ether oxygens (including phenoxy) is 2. The van der Waals surface area contributed by atoms with Gasteiger partial charge in [0, 0.05) is 5.02 Å². The van der Waals surface area contributed by atoms with Crippen LogP contribution >= 0.6 is 11.6 Å². The van der Waals surface area contributed by atoms with Crippen molar-refractivity contribution in [3.05, 3.63) is 58.6 Å². The molecule has 0 amide bonds. The van der Waals surface area contributed by atoms with Gasteiger partial charge in [0.1, 0.15) is 6.10 Å². The van der Waals surface area contributed by atoms with Gasteiger partial charge in [0.2, 0.25) is 0 Å². The van der Waals surface area contributed by atoms with Crippen molar-refractivity contribution < 1.29 is 14.6 Å². The van der Waals surface area contributed by atoms with Crippen molar-refractivity contribution in [1.29, 1.82) is 0 Å². The summed E-state index contributed by atoms with van der Waals surface area (Å²) in [6.45, 7) is 0. The third kappa shape index (κ3) is 3.00. The number of aliphatic hydroxyl groups is 1. The number of methoxy groups -OCH3 is 2. The number of aliphatic hydroxyl groups excluding tert-OH is 1. The number of benzene rings is 2. The molecule has 0 aliphatic carbocycles. The average molecular weight is 279 g/mol. The first kappa shape index (κ1) is 13.7. The summed E-state index contributed by atoms with van der Waals surface area (Å²) in [6.07, 6.45) is -0.725. The summed E-state index contributed by atoms with van der Waals surface area (Å²) >= 11 is 5.83. The third-order valence-electron chi connectivity index (χ3n) is 2.91. The van der Waals surface area contributed by atoms with Crippen LogP contribution in [0.25, 0.3) is 0 Å². The Morgan fingerprint density at radius 2 is 1.47 bits per heavy atom. The lowest BCUT2D eigenvalue weighted by Gasteiger charge is -2.14. The van der Waals surface area contributed by atoms with Crippen molar-refractivity contribution in [3.63, 3.8) is 0 Å². The van der Waals surface area contributed by atoms with Crippen LogP contribution in [0.1, 0.15) is 17.2 Å². The smallest absolute Gasteiger partial charge is 0.161 e. The van der Waals surface area contributed by atoms with E-state index in [1.807, 2.05) is 0 Å². The quantitative estimate of drug-likeness (QED) is 0.931. The molecule has 0 spiro atoms. The molecule has 19 heavy (non-hydrogen) atoms. The molecule has 1 atom stereocenters. The van der Waals surface area contributed by atoms with Gasteiger partial charge in [0.25, 0.3) is 0 Å². The Hall–Kier alpha value is -1.71. The lowest BCUT2D eigenvalue weighted by Crippen LogP contribution is -2.00. The first-order valence-corrected chi connectivity index (χ1v) is 6.19. The van der Waals surface area contributed by atoms with Crippen LogP contribution in [-0.4, -0.2) is 19.3 Å². The van der Waals surface area contributed by atoms with Gasteiger partial charge in [0.05, 0.1) is 14.2 Å². The van der Waals surface area contributed by atoms with E-state index < -0.39 is 6.10 Å². The Kier molecular flexibility index (Phi) is 4.30. The molecule has 0 aliphatic rings. The van der Waals surface area contributed by atoms with Crippen molar-refractivity contribution in [2.24, 2.45) is 0 Å². The SMILES string of the molecule is COc1ccc([C@@H](O)c2ccc(Cl)cc2)cc1OC. The Morgan fingerprint density at radius 3 is 2.05 bits per heavy atom.